The molecule has 5 rings (SSSR count). The molecule has 1 aliphatic heterocycles. The number of fused-ring (bicyclic) bond motifs is 1. The first kappa shape index (κ1) is 17.6. The summed E-state index contributed by atoms with van der Waals surface area (Å²) in [6, 6.07) is 12.0. The summed E-state index contributed by atoms with van der Waals surface area (Å²) in [6.07, 6.45) is 7.69. The third-order valence-corrected chi connectivity index (χ3v) is 6.04. The van der Waals surface area contributed by atoms with Gasteiger partial charge in [0, 0.05) is 49.8 Å². The van der Waals surface area contributed by atoms with Crippen molar-refractivity contribution in [2.75, 3.05) is 13.1 Å². The Labute approximate surface area is 168 Å². The zero-order valence-electron chi connectivity index (χ0n) is 15.6. The predicted molar refractivity (Wildman–Crippen MR) is 109 cm³/mol. The van der Waals surface area contributed by atoms with Crippen LogP contribution in [0.15, 0.2) is 48.8 Å². The summed E-state index contributed by atoms with van der Waals surface area (Å²) in [5, 5.41) is 0.649. The topological polar surface area (TPSA) is 46.8 Å². The monoisotopic (exact) mass is 395 g/mol. The van der Waals surface area contributed by atoms with Crippen molar-refractivity contribution in [3.8, 4) is 16.9 Å². The van der Waals surface area contributed by atoms with E-state index in [0.29, 0.717) is 17.0 Å². The number of hydrogen-bond donors (Lipinski definition) is 0. The maximum absolute atomic E-state index is 12.2. The van der Waals surface area contributed by atoms with Gasteiger partial charge in [-0.3, -0.25) is 9.20 Å². The molecular weight excluding hydrogens is 374 g/mol. The fourth-order valence-electron chi connectivity index (χ4n) is 3.86. The SMILES string of the molecule is O=C(C1CC1)N1CCC(Oc2ccc(-c3ccc4nccn4c3Cl)cc2)CC1. The largest absolute Gasteiger partial charge is 0.490 e. The minimum Gasteiger partial charge on any atom is -0.490 e. The number of benzene rings is 1. The van der Waals surface area contributed by atoms with Gasteiger partial charge in [-0.05, 0) is 42.7 Å². The molecular formula is C22H22ClN3O2. The first-order chi connectivity index (χ1) is 13.7. The van der Waals surface area contributed by atoms with Gasteiger partial charge in [-0.15, -0.1) is 0 Å². The molecule has 1 saturated heterocycles. The van der Waals surface area contributed by atoms with Crippen molar-refractivity contribution in [1.29, 1.82) is 0 Å². The minimum absolute atomic E-state index is 0.167. The fourth-order valence-corrected chi connectivity index (χ4v) is 4.18. The second-order valence-corrected chi connectivity index (χ2v) is 7.99. The van der Waals surface area contributed by atoms with Crippen LogP contribution < -0.4 is 4.74 Å². The summed E-state index contributed by atoms with van der Waals surface area (Å²) in [5.74, 6) is 1.50. The molecule has 1 aromatic carbocycles. The quantitative estimate of drug-likeness (QED) is 0.614. The zero-order chi connectivity index (χ0) is 19.1. The van der Waals surface area contributed by atoms with Crippen LogP contribution in [0.4, 0.5) is 0 Å². The van der Waals surface area contributed by atoms with Crippen LogP contribution in [0, 0.1) is 5.92 Å². The Balaban J connectivity index is 1.24. The highest BCUT2D eigenvalue weighted by Gasteiger charge is 2.35. The van der Waals surface area contributed by atoms with Crippen molar-refractivity contribution >= 4 is 23.2 Å². The highest BCUT2D eigenvalue weighted by Crippen LogP contribution is 2.33. The van der Waals surface area contributed by atoms with Gasteiger partial charge in [0.15, 0.2) is 0 Å². The molecule has 2 aromatic heterocycles. The lowest BCUT2D eigenvalue weighted by atomic mass is 10.1. The maximum Gasteiger partial charge on any atom is 0.225 e. The number of amides is 1. The number of aromatic nitrogens is 2. The molecule has 144 valence electrons. The lowest BCUT2D eigenvalue weighted by molar-refractivity contribution is -0.134. The van der Waals surface area contributed by atoms with Gasteiger partial charge in [-0.25, -0.2) is 4.98 Å². The molecule has 0 N–H and O–H groups in total. The smallest absolute Gasteiger partial charge is 0.225 e. The van der Waals surface area contributed by atoms with Crippen LogP contribution in [0.2, 0.25) is 5.15 Å². The Morgan fingerprint density at radius 3 is 2.50 bits per heavy atom. The van der Waals surface area contributed by atoms with Crippen molar-refractivity contribution in [3.63, 3.8) is 0 Å². The maximum atomic E-state index is 12.2. The van der Waals surface area contributed by atoms with Crippen LogP contribution in [0.5, 0.6) is 5.75 Å². The highest BCUT2D eigenvalue weighted by molar-refractivity contribution is 6.32. The number of nitrogens with zero attached hydrogens (tertiary/aromatic N) is 3. The van der Waals surface area contributed by atoms with Crippen LogP contribution in [0.1, 0.15) is 25.7 Å². The van der Waals surface area contributed by atoms with E-state index < -0.39 is 0 Å². The molecule has 3 heterocycles. The van der Waals surface area contributed by atoms with E-state index >= 15 is 0 Å². The number of ether oxygens (including phenoxy) is 1. The molecule has 6 heteroatoms. The number of likely N-dealkylation sites (tertiary alicyclic amines) is 1. The second kappa shape index (κ2) is 7.13. The van der Waals surface area contributed by atoms with Crippen molar-refractivity contribution in [3.05, 3.63) is 53.9 Å². The van der Waals surface area contributed by atoms with Crippen LogP contribution >= 0.6 is 11.6 Å². The fraction of sp³-hybridized carbons (Fsp3) is 0.364. The standard InChI is InChI=1S/C22H22ClN3O2/c23-21-19(7-8-20-24-11-14-26(20)21)15-3-5-17(6-4-15)28-18-9-12-25(13-10-18)22(27)16-1-2-16/h3-8,11,14,16,18H,1-2,9-10,12-13H2. The molecule has 2 fully saturated rings. The van der Waals surface area contributed by atoms with Gasteiger partial charge >= 0.3 is 0 Å². The Morgan fingerprint density at radius 1 is 1.04 bits per heavy atom. The number of imidazole rings is 1. The van der Waals surface area contributed by atoms with E-state index in [1.165, 1.54) is 0 Å². The lowest BCUT2D eigenvalue weighted by Gasteiger charge is -2.32. The van der Waals surface area contributed by atoms with Crippen LogP contribution in [0.25, 0.3) is 16.8 Å². The van der Waals surface area contributed by atoms with E-state index in [4.69, 9.17) is 16.3 Å². The third-order valence-electron chi connectivity index (χ3n) is 5.65. The molecule has 1 amide bonds. The predicted octanol–water partition coefficient (Wildman–Crippen LogP) is 4.43. The number of rotatable bonds is 4. The summed E-state index contributed by atoms with van der Waals surface area (Å²) < 4.78 is 8.03. The van der Waals surface area contributed by atoms with Crippen LogP contribution in [0.3, 0.4) is 0 Å². The van der Waals surface area contributed by atoms with Crippen molar-refractivity contribution in [2.45, 2.75) is 31.8 Å². The number of piperidine rings is 1. The average molecular weight is 396 g/mol. The van der Waals surface area contributed by atoms with Gasteiger partial charge < -0.3 is 9.64 Å². The lowest BCUT2D eigenvalue weighted by Crippen LogP contribution is -2.42. The number of carbonyl (C=O) groups excluding carboxylic acids is 1. The van der Waals surface area contributed by atoms with Gasteiger partial charge in [0.25, 0.3) is 0 Å². The molecule has 2 aliphatic rings. The first-order valence-corrected chi connectivity index (χ1v) is 10.2. The number of pyridine rings is 1. The van der Waals surface area contributed by atoms with E-state index in [9.17, 15) is 4.79 Å². The second-order valence-electron chi connectivity index (χ2n) is 7.63. The Bertz CT molecular complexity index is 1000. The molecule has 0 atom stereocenters. The first-order valence-electron chi connectivity index (χ1n) is 9.86. The van der Waals surface area contributed by atoms with Gasteiger partial charge in [0.2, 0.25) is 5.91 Å². The van der Waals surface area contributed by atoms with E-state index in [2.05, 4.69) is 4.98 Å². The molecule has 0 spiro atoms. The van der Waals surface area contributed by atoms with Crippen LogP contribution in [-0.4, -0.2) is 39.4 Å². The summed E-state index contributed by atoms with van der Waals surface area (Å²) in [5.41, 5.74) is 2.84. The van der Waals surface area contributed by atoms with E-state index in [0.717, 1.165) is 61.3 Å². The van der Waals surface area contributed by atoms with Gasteiger partial charge in [-0.2, -0.15) is 0 Å². The van der Waals surface area contributed by atoms with Crippen molar-refractivity contribution in [1.82, 2.24) is 14.3 Å². The van der Waals surface area contributed by atoms with Crippen molar-refractivity contribution in [2.24, 2.45) is 5.92 Å². The summed E-state index contributed by atoms with van der Waals surface area (Å²) >= 11 is 6.54. The summed E-state index contributed by atoms with van der Waals surface area (Å²) in [7, 11) is 0. The van der Waals surface area contributed by atoms with Crippen molar-refractivity contribution < 1.29 is 9.53 Å². The molecule has 1 aliphatic carbocycles. The summed E-state index contributed by atoms with van der Waals surface area (Å²) in [6.45, 7) is 1.61. The molecule has 28 heavy (non-hydrogen) atoms. The third kappa shape index (κ3) is 3.35. The zero-order valence-corrected chi connectivity index (χ0v) is 16.3. The average Bonchev–Trinajstić information content (AvgIpc) is 3.46. The van der Waals surface area contributed by atoms with Gasteiger partial charge in [0.1, 0.15) is 22.7 Å². The normalized spacial score (nSPS) is 17.8. The number of carbonyl (C=O) groups is 1. The molecule has 5 nitrogen and oxygen atoms in total. The number of hydrogen-bond acceptors (Lipinski definition) is 3. The minimum atomic E-state index is 0.167. The molecule has 0 bridgehead atoms. The Kier molecular flexibility index (Phi) is 4.47. The molecule has 3 aromatic rings. The Hall–Kier alpha value is -2.53. The van der Waals surface area contributed by atoms with E-state index in [1.54, 1.807) is 6.20 Å². The van der Waals surface area contributed by atoms with Crippen LogP contribution in [-0.2, 0) is 4.79 Å². The van der Waals surface area contributed by atoms with E-state index in [1.807, 2.05) is 51.9 Å². The molecule has 0 unspecified atom stereocenters. The van der Waals surface area contributed by atoms with Gasteiger partial charge in [-0.1, -0.05) is 23.7 Å². The molecule has 1 saturated carbocycles. The van der Waals surface area contributed by atoms with Gasteiger partial charge in [0.05, 0.1) is 0 Å². The Morgan fingerprint density at radius 2 is 1.79 bits per heavy atom. The highest BCUT2D eigenvalue weighted by atomic mass is 35.5. The molecule has 0 radical (unpaired) electrons. The van der Waals surface area contributed by atoms with E-state index in [-0.39, 0.29) is 6.10 Å². The number of halogens is 1. The summed E-state index contributed by atoms with van der Waals surface area (Å²) in [4.78, 5) is 18.4.